The fourth-order valence-corrected chi connectivity index (χ4v) is 2.22. The average molecular weight is 272 g/mol. The molecule has 2 atom stereocenters. The summed E-state index contributed by atoms with van der Waals surface area (Å²) in [5, 5.41) is 14.4. The van der Waals surface area contributed by atoms with Gasteiger partial charge in [0.2, 0.25) is 0 Å². The highest BCUT2D eigenvalue weighted by molar-refractivity contribution is 5.85. The number of carboxylic acid groups (broad SMARTS) is 1. The summed E-state index contributed by atoms with van der Waals surface area (Å²) in [4.78, 5) is 22.9. The van der Waals surface area contributed by atoms with Gasteiger partial charge in [0.05, 0.1) is 6.61 Å². The second kappa shape index (κ2) is 7.33. The van der Waals surface area contributed by atoms with Crippen molar-refractivity contribution >= 4 is 12.0 Å². The van der Waals surface area contributed by atoms with E-state index in [0.29, 0.717) is 31.9 Å². The van der Waals surface area contributed by atoms with E-state index in [9.17, 15) is 9.59 Å². The first-order chi connectivity index (χ1) is 8.98. The molecule has 2 unspecified atom stereocenters. The van der Waals surface area contributed by atoms with Crippen molar-refractivity contribution in [3.63, 3.8) is 0 Å². The van der Waals surface area contributed by atoms with Crippen LogP contribution in [-0.4, -0.2) is 42.4 Å². The maximum absolute atomic E-state index is 11.8. The molecule has 0 aromatic carbocycles. The number of aliphatic carboxylic acids is 1. The predicted molar refractivity (Wildman–Crippen MR) is 71.0 cm³/mol. The first kappa shape index (κ1) is 15.8. The summed E-state index contributed by atoms with van der Waals surface area (Å²) < 4.78 is 5.33. The van der Waals surface area contributed by atoms with Crippen LogP contribution in [0.4, 0.5) is 4.79 Å². The fourth-order valence-electron chi connectivity index (χ4n) is 2.22. The summed E-state index contributed by atoms with van der Waals surface area (Å²) in [6.45, 7) is 5.39. The lowest BCUT2D eigenvalue weighted by Gasteiger charge is -2.27. The van der Waals surface area contributed by atoms with Crippen LogP contribution in [0.3, 0.4) is 0 Å². The van der Waals surface area contributed by atoms with Gasteiger partial charge in [-0.05, 0) is 32.1 Å². The van der Waals surface area contributed by atoms with Gasteiger partial charge in [-0.2, -0.15) is 0 Å². The number of carboxylic acids is 1. The minimum absolute atomic E-state index is 0.321. The van der Waals surface area contributed by atoms with Gasteiger partial charge in [0.15, 0.2) is 0 Å². The van der Waals surface area contributed by atoms with Crippen molar-refractivity contribution in [3.05, 3.63) is 0 Å². The Morgan fingerprint density at radius 2 is 2.21 bits per heavy atom. The van der Waals surface area contributed by atoms with Crippen LogP contribution in [0.5, 0.6) is 0 Å². The molecule has 6 nitrogen and oxygen atoms in total. The summed E-state index contributed by atoms with van der Waals surface area (Å²) in [6.07, 6.45) is 3.14. The number of hydrogen-bond donors (Lipinski definition) is 3. The lowest BCUT2D eigenvalue weighted by atomic mass is 9.96. The van der Waals surface area contributed by atoms with Crippen molar-refractivity contribution in [3.8, 4) is 0 Å². The minimum atomic E-state index is -1.21. The van der Waals surface area contributed by atoms with Crippen LogP contribution in [0, 0.1) is 5.92 Å². The highest BCUT2D eigenvalue weighted by Crippen LogP contribution is 2.14. The molecule has 1 fully saturated rings. The van der Waals surface area contributed by atoms with E-state index in [1.54, 1.807) is 0 Å². The number of nitrogens with one attached hydrogen (secondary N) is 2. The van der Waals surface area contributed by atoms with Crippen LogP contribution in [0.1, 0.15) is 39.5 Å². The Balaban J connectivity index is 2.37. The quantitative estimate of drug-likeness (QED) is 0.681. The molecule has 1 saturated heterocycles. The van der Waals surface area contributed by atoms with E-state index < -0.39 is 17.5 Å². The molecule has 19 heavy (non-hydrogen) atoms. The zero-order valence-electron chi connectivity index (χ0n) is 11.7. The Hall–Kier alpha value is -1.30. The molecule has 6 heteroatoms. The molecular weight excluding hydrogens is 248 g/mol. The number of ether oxygens (including phenoxy) is 1. The standard InChI is InChI=1S/C13H24N2O4/c1-3-6-13(2,11(16)17)15-12(18)14-8-10-5-4-7-19-9-10/h10H,3-9H2,1-2H3,(H,16,17)(H2,14,15,18). The fraction of sp³-hybridized carbons (Fsp3) is 0.846. The number of urea groups is 1. The SMILES string of the molecule is CCCC(C)(NC(=O)NCC1CCCOC1)C(=O)O. The van der Waals surface area contributed by atoms with Gasteiger partial charge in [-0.25, -0.2) is 9.59 Å². The first-order valence-corrected chi connectivity index (χ1v) is 6.85. The summed E-state index contributed by atoms with van der Waals surface area (Å²) in [6, 6.07) is -0.427. The normalized spacial score (nSPS) is 22.3. The molecule has 1 heterocycles. The molecule has 1 rings (SSSR count). The van der Waals surface area contributed by atoms with Gasteiger partial charge in [0.25, 0.3) is 0 Å². The van der Waals surface area contributed by atoms with Gasteiger partial charge in [0.1, 0.15) is 5.54 Å². The van der Waals surface area contributed by atoms with Crippen molar-refractivity contribution in [2.75, 3.05) is 19.8 Å². The third-order valence-electron chi connectivity index (χ3n) is 3.42. The molecule has 2 amide bonds. The predicted octanol–water partition coefficient (Wildman–Crippen LogP) is 1.36. The van der Waals surface area contributed by atoms with Crippen molar-refractivity contribution in [2.24, 2.45) is 5.92 Å². The minimum Gasteiger partial charge on any atom is -0.480 e. The van der Waals surface area contributed by atoms with E-state index >= 15 is 0 Å². The maximum Gasteiger partial charge on any atom is 0.329 e. The van der Waals surface area contributed by atoms with Crippen LogP contribution in [-0.2, 0) is 9.53 Å². The maximum atomic E-state index is 11.8. The molecule has 0 saturated carbocycles. The molecule has 0 bridgehead atoms. The molecule has 0 aromatic rings. The Kier molecular flexibility index (Phi) is 6.08. The lowest BCUT2D eigenvalue weighted by molar-refractivity contribution is -0.144. The van der Waals surface area contributed by atoms with Crippen molar-refractivity contribution in [1.29, 1.82) is 0 Å². The average Bonchev–Trinajstić information content (AvgIpc) is 2.37. The molecule has 1 aliphatic rings. The van der Waals surface area contributed by atoms with Gasteiger partial charge in [-0.1, -0.05) is 13.3 Å². The largest absolute Gasteiger partial charge is 0.480 e. The van der Waals surface area contributed by atoms with E-state index in [2.05, 4.69) is 10.6 Å². The highest BCUT2D eigenvalue weighted by atomic mass is 16.5. The van der Waals surface area contributed by atoms with Crippen molar-refractivity contribution in [2.45, 2.75) is 45.1 Å². The molecule has 0 spiro atoms. The summed E-state index contributed by atoms with van der Waals surface area (Å²) >= 11 is 0. The number of carbonyl (C=O) groups is 2. The zero-order valence-corrected chi connectivity index (χ0v) is 11.7. The molecule has 0 aliphatic carbocycles. The van der Waals surface area contributed by atoms with E-state index in [1.807, 2.05) is 6.92 Å². The van der Waals surface area contributed by atoms with Gasteiger partial charge >= 0.3 is 12.0 Å². The molecule has 110 valence electrons. The topological polar surface area (TPSA) is 87.7 Å². The van der Waals surface area contributed by atoms with Gasteiger partial charge in [-0.15, -0.1) is 0 Å². The van der Waals surface area contributed by atoms with Crippen LogP contribution in [0.2, 0.25) is 0 Å². The third-order valence-corrected chi connectivity index (χ3v) is 3.42. The summed E-state index contributed by atoms with van der Waals surface area (Å²) in [5.41, 5.74) is -1.21. The molecule has 0 radical (unpaired) electrons. The van der Waals surface area contributed by atoms with E-state index in [4.69, 9.17) is 9.84 Å². The van der Waals surface area contributed by atoms with Crippen LogP contribution >= 0.6 is 0 Å². The Morgan fingerprint density at radius 1 is 1.47 bits per heavy atom. The van der Waals surface area contributed by atoms with Crippen LogP contribution in [0.15, 0.2) is 0 Å². The second-order valence-electron chi connectivity index (χ2n) is 5.31. The van der Waals surface area contributed by atoms with Gasteiger partial charge < -0.3 is 20.5 Å². The molecular formula is C13H24N2O4. The lowest BCUT2D eigenvalue weighted by Crippen LogP contribution is -2.55. The zero-order chi connectivity index (χ0) is 14.3. The van der Waals surface area contributed by atoms with Crippen molar-refractivity contribution in [1.82, 2.24) is 10.6 Å². The summed E-state index contributed by atoms with van der Waals surface area (Å²) in [5.74, 6) is -0.688. The van der Waals surface area contributed by atoms with Gasteiger partial charge in [0, 0.05) is 13.2 Å². The highest BCUT2D eigenvalue weighted by Gasteiger charge is 2.33. The molecule has 1 aliphatic heterocycles. The Morgan fingerprint density at radius 3 is 2.74 bits per heavy atom. The smallest absolute Gasteiger partial charge is 0.329 e. The second-order valence-corrected chi connectivity index (χ2v) is 5.31. The number of amides is 2. The molecule has 0 aromatic heterocycles. The van der Waals surface area contributed by atoms with E-state index in [0.717, 1.165) is 19.4 Å². The van der Waals surface area contributed by atoms with Crippen LogP contribution in [0.25, 0.3) is 0 Å². The van der Waals surface area contributed by atoms with Crippen LogP contribution < -0.4 is 10.6 Å². The monoisotopic (exact) mass is 272 g/mol. The number of rotatable bonds is 6. The van der Waals surface area contributed by atoms with E-state index in [-0.39, 0.29) is 0 Å². The molecule has 3 N–H and O–H groups in total. The van der Waals surface area contributed by atoms with E-state index in [1.165, 1.54) is 6.92 Å². The third kappa shape index (κ3) is 5.06. The Labute approximate surface area is 113 Å². The number of carbonyl (C=O) groups excluding carboxylic acids is 1. The number of hydrogen-bond acceptors (Lipinski definition) is 3. The van der Waals surface area contributed by atoms with Gasteiger partial charge in [-0.3, -0.25) is 0 Å². The Bertz CT molecular complexity index is 316. The first-order valence-electron chi connectivity index (χ1n) is 6.85. The van der Waals surface area contributed by atoms with Crippen molar-refractivity contribution < 1.29 is 19.4 Å². The summed E-state index contributed by atoms with van der Waals surface area (Å²) in [7, 11) is 0.